The van der Waals surface area contributed by atoms with E-state index in [2.05, 4.69) is 4.98 Å². The molecule has 1 heterocycles. The smallest absolute Gasteiger partial charge is 0.166 e. The van der Waals surface area contributed by atoms with Crippen LogP contribution in [0.3, 0.4) is 0 Å². The maximum atomic E-state index is 13.7. The van der Waals surface area contributed by atoms with Gasteiger partial charge in [0, 0.05) is 17.3 Å². The van der Waals surface area contributed by atoms with Crippen LogP contribution in [0.1, 0.15) is 5.56 Å². The van der Waals surface area contributed by atoms with E-state index in [1.165, 1.54) is 18.3 Å². The Hall–Kier alpha value is -2.48. The quantitative estimate of drug-likeness (QED) is 0.884. The van der Waals surface area contributed by atoms with E-state index in [1.54, 1.807) is 6.07 Å². The number of nitrogens with two attached hydrogens (primary N) is 1. The molecule has 1 aromatic heterocycles. The molecule has 0 bridgehead atoms. The number of nitrogen functional groups attached to an aromatic ring is 1. The molecule has 0 unspecified atom stereocenters. The average molecular weight is 245 g/mol. The summed E-state index contributed by atoms with van der Waals surface area (Å²) in [6, 6.07) is 7.34. The molecule has 2 aromatic rings. The van der Waals surface area contributed by atoms with E-state index in [1.807, 2.05) is 6.07 Å². The highest BCUT2D eigenvalue weighted by molar-refractivity contribution is 5.77. The number of rotatable bonds is 2. The first-order chi connectivity index (χ1) is 8.65. The van der Waals surface area contributed by atoms with E-state index in [9.17, 15) is 8.78 Å². The van der Waals surface area contributed by atoms with Crippen LogP contribution >= 0.6 is 0 Å². The van der Waals surface area contributed by atoms with Crippen LogP contribution in [0.25, 0.3) is 11.1 Å². The van der Waals surface area contributed by atoms with Crippen molar-refractivity contribution in [2.75, 3.05) is 5.73 Å². The van der Waals surface area contributed by atoms with Crippen molar-refractivity contribution in [3.63, 3.8) is 0 Å². The maximum absolute atomic E-state index is 13.7. The number of pyridine rings is 1. The molecule has 0 amide bonds. The molecule has 0 saturated carbocycles. The minimum atomic E-state index is -0.989. The molecule has 0 aliphatic heterocycles. The Morgan fingerprint density at radius 2 is 2.06 bits per heavy atom. The summed E-state index contributed by atoms with van der Waals surface area (Å²) in [7, 11) is 0. The largest absolute Gasteiger partial charge is 0.383 e. The Morgan fingerprint density at radius 1 is 1.28 bits per heavy atom. The molecule has 0 saturated heterocycles. The first-order valence-electron chi connectivity index (χ1n) is 5.20. The third-order valence-electron chi connectivity index (χ3n) is 2.56. The lowest BCUT2D eigenvalue weighted by Crippen LogP contribution is -2.01. The molecule has 3 nitrogen and oxygen atoms in total. The van der Waals surface area contributed by atoms with Gasteiger partial charge in [0.25, 0.3) is 0 Å². The molecule has 2 rings (SSSR count). The molecule has 0 radical (unpaired) electrons. The number of hydrogen-bond donors (Lipinski definition) is 1. The molecule has 0 atom stereocenters. The standard InChI is InChI=1S/C13H9F2N3/c14-10-3-1-2-9(12(10)15)11-8(4-6-16)5-7-18-13(11)17/h1-3,5,7H,4H2,(H2,17,18). The lowest BCUT2D eigenvalue weighted by atomic mass is 9.98. The number of benzene rings is 1. The molecule has 18 heavy (non-hydrogen) atoms. The van der Waals surface area contributed by atoms with Crippen molar-refractivity contribution < 1.29 is 8.78 Å². The first kappa shape index (κ1) is 12.0. The summed E-state index contributed by atoms with van der Waals surface area (Å²) in [5.74, 6) is -1.87. The van der Waals surface area contributed by atoms with Crippen molar-refractivity contribution >= 4 is 5.82 Å². The predicted octanol–water partition coefficient (Wildman–Crippen LogP) is 2.68. The summed E-state index contributed by atoms with van der Waals surface area (Å²) in [4.78, 5) is 3.85. The molecule has 0 fully saturated rings. The number of halogens is 2. The van der Waals surface area contributed by atoms with Gasteiger partial charge in [-0.2, -0.15) is 5.26 Å². The molecule has 0 aliphatic carbocycles. The fraction of sp³-hybridized carbons (Fsp3) is 0.0769. The predicted molar refractivity (Wildman–Crippen MR) is 63.3 cm³/mol. The van der Waals surface area contributed by atoms with E-state index < -0.39 is 11.6 Å². The summed E-state index contributed by atoms with van der Waals surface area (Å²) >= 11 is 0. The lowest BCUT2D eigenvalue weighted by Gasteiger charge is -2.10. The van der Waals surface area contributed by atoms with Crippen molar-refractivity contribution in [3.8, 4) is 17.2 Å². The van der Waals surface area contributed by atoms with Crippen LogP contribution in [-0.4, -0.2) is 4.98 Å². The van der Waals surface area contributed by atoms with Crippen LogP contribution in [0.5, 0.6) is 0 Å². The summed E-state index contributed by atoms with van der Waals surface area (Å²) in [6.45, 7) is 0. The van der Waals surface area contributed by atoms with Crippen molar-refractivity contribution in [1.29, 1.82) is 5.26 Å². The SMILES string of the molecule is N#CCc1ccnc(N)c1-c1cccc(F)c1F. The van der Waals surface area contributed by atoms with Gasteiger partial charge in [0.15, 0.2) is 11.6 Å². The van der Waals surface area contributed by atoms with E-state index in [0.717, 1.165) is 6.07 Å². The molecule has 0 aliphatic rings. The molecular weight excluding hydrogens is 236 g/mol. The Labute approximate surface area is 103 Å². The third kappa shape index (κ3) is 2.00. The molecule has 0 spiro atoms. The zero-order valence-electron chi connectivity index (χ0n) is 9.32. The fourth-order valence-corrected chi connectivity index (χ4v) is 1.76. The van der Waals surface area contributed by atoms with Gasteiger partial charge in [-0.1, -0.05) is 12.1 Å². The zero-order chi connectivity index (χ0) is 13.1. The van der Waals surface area contributed by atoms with E-state index >= 15 is 0 Å². The summed E-state index contributed by atoms with van der Waals surface area (Å²) in [5, 5.41) is 8.73. The van der Waals surface area contributed by atoms with Gasteiger partial charge >= 0.3 is 0 Å². The van der Waals surface area contributed by atoms with Gasteiger partial charge in [-0.05, 0) is 17.7 Å². The number of nitrogens with zero attached hydrogens (tertiary/aromatic N) is 2. The van der Waals surface area contributed by atoms with Crippen LogP contribution < -0.4 is 5.73 Å². The summed E-state index contributed by atoms with van der Waals surface area (Å²) < 4.78 is 27.0. The summed E-state index contributed by atoms with van der Waals surface area (Å²) in [6.07, 6.45) is 1.49. The van der Waals surface area contributed by atoms with Crippen molar-refractivity contribution in [2.45, 2.75) is 6.42 Å². The van der Waals surface area contributed by atoms with Gasteiger partial charge in [0.1, 0.15) is 5.82 Å². The topological polar surface area (TPSA) is 62.7 Å². The minimum absolute atomic E-state index is 0.0193. The highest BCUT2D eigenvalue weighted by Gasteiger charge is 2.16. The van der Waals surface area contributed by atoms with Gasteiger partial charge in [0.05, 0.1) is 12.5 Å². The van der Waals surface area contributed by atoms with Crippen molar-refractivity contribution in [2.24, 2.45) is 0 Å². The molecule has 2 N–H and O–H groups in total. The number of anilines is 1. The van der Waals surface area contributed by atoms with Crippen LogP contribution in [0, 0.1) is 23.0 Å². The molecule has 1 aromatic carbocycles. The maximum Gasteiger partial charge on any atom is 0.166 e. The van der Waals surface area contributed by atoms with Crippen molar-refractivity contribution in [1.82, 2.24) is 4.98 Å². The van der Waals surface area contributed by atoms with Crippen LogP contribution in [-0.2, 0) is 6.42 Å². The van der Waals surface area contributed by atoms with E-state index in [-0.39, 0.29) is 23.4 Å². The average Bonchev–Trinajstić information content (AvgIpc) is 2.34. The highest BCUT2D eigenvalue weighted by Crippen LogP contribution is 2.31. The normalized spacial score (nSPS) is 10.1. The van der Waals surface area contributed by atoms with E-state index in [0.29, 0.717) is 5.56 Å². The molecular formula is C13H9F2N3. The second kappa shape index (κ2) is 4.80. The Bertz CT molecular complexity index is 633. The number of hydrogen-bond acceptors (Lipinski definition) is 3. The van der Waals surface area contributed by atoms with Gasteiger partial charge in [-0.3, -0.25) is 0 Å². The van der Waals surface area contributed by atoms with Crippen LogP contribution in [0.2, 0.25) is 0 Å². The zero-order valence-corrected chi connectivity index (χ0v) is 9.32. The monoisotopic (exact) mass is 245 g/mol. The number of aromatic nitrogens is 1. The summed E-state index contributed by atoms with van der Waals surface area (Å²) in [5.41, 5.74) is 6.51. The Balaban J connectivity index is 2.71. The molecule has 5 heteroatoms. The second-order valence-corrected chi connectivity index (χ2v) is 3.67. The first-order valence-corrected chi connectivity index (χ1v) is 5.20. The Kier molecular flexibility index (Phi) is 3.20. The van der Waals surface area contributed by atoms with Gasteiger partial charge in [-0.25, -0.2) is 13.8 Å². The minimum Gasteiger partial charge on any atom is -0.383 e. The van der Waals surface area contributed by atoms with Gasteiger partial charge < -0.3 is 5.73 Å². The number of nitriles is 1. The van der Waals surface area contributed by atoms with Crippen LogP contribution in [0.15, 0.2) is 30.5 Å². The fourth-order valence-electron chi connectivity index (χ4n) is 1.76. The molecule has 90 valence electrons. The third-order valence-corrected chi connectivity index (χ3v) is 2.56. The highest BCUT2D eigenvalue weighted by atomic mass is 19.2. The van der Waals surface area contributed by atoms with E-state index in [4.69, 9.17) is 11.0 Å². The second-order valence-electron chi connectivity index (χ2n) is 3.67. The Morgan fingerprint density at radius 3 is 2.78 bits per heavy atom. The van der Waals surface area contributed by atoms with Crippen molar-refractivity contribution in [3.05, 3.63) is 47.7 Å². The van der Waals surface area contributed by atoms with Crippen LogP contribution in [0.4, 0.5) is 14.6 Å². The van der Waals surface area contributed by atoms with Gasteiger partial charge in [-0.15, -0.1) is 0 Å². The van der Waals surface area contributed by atoms with Gasteiger partial charge in [0.2, 0.25) is 0 Å². The lowest BCUT2D eigenvalue weighted by molar-refractivity contribution is 0.511.